The maximum Gasteiger partial charge on any atom is 0.293 e. The van der Waals surface area contributed by atoms with Crippen molar-refractivity contribution in [1.82, 2.24) is 9.47 Å². The molecule has 1 aromatic heterocycles. The number of imide groups is 1. The van der Waals surface area contributed by atoms with Crippen LogP contribution in [0, 0.1) is 0 Å². The predicted molar refractivity (Wildman–Crippen MR) is 137 cm³/mol. The summed E-state index contributed by atoms with van der Waals surface area (Å²) in [7, 11) is 0. The average Bonchev–Trinajstić information content (AvgIpc) is 3.33. The molecule has 0 N–H and O–H groups in total. The summed E-state index contributed by atoms with van der Waals surface area (Å²) in [5.74, 6) is 0.544. The lowest BCUT2D eigenvalue weighted by molar-refractivity contribution is -0.123. The summed E-state index contributed by atoms with van der Waals surface area (Å²) in [6.07, 6.45) is 3.82. The third-order valence-corrected chi connectivity index (χ3v) is 6.74. The number of fused-ring (bicyclic) bond motifs is 1. The highest BCUT2D eigenvalue weighted by molar-refractivity contribution is 8.18. The minimum Gasteiger partial charge on any atom is -0.492 e. The van der Waals surface area contributed by atoms with Gasteiger partial charge >= 0.3 is 0 Å². The van der Waals surface area contributed by atoms with E-state index < -0.39 is 0 Å². The number of carbonyl (C=O) groups excluding carboxylic acids is 2. The first-order chi connectivity index (χ1) is 16.6. The fourth-order valence-corrected chi connectivity index (χ4v) is 4.86. The Labute approximate surface area is 206 Å². The van der Waals surface area contributed by atoms with Crippen LogP contribution in [0.4, 0.5) is 4.79 Å². The van der Waals surface area contributed by atoms with Crippen LogP contribution in [0.5, 0.6) is 5.75 Å². The summed E-state index contributed by atoms with van der Waals surface area (Å²) in [4.78, 5) is 27.3. The van der Waals surface area contributed by atoms with Crippen LogP contribution in [-0.2, 0) is 17.9 Å². The molecule has 1 aliphatic heterocycles. The molecular weight excluding hydrogens is 468 g/mol. The number of ether oxygens (including phenoxy) is 1. The summed E-state index contributed by atoms with van der Waals surface area (Å²) >= 11 is 6.91. The van der Waals surface area contributed by atoms with Gasteiger partial charge in [-0.1, -0.05) is 60.1 Å². The van der Waals surface area contributed by atoms with Crippen molar-refractivity contribution in [2.45, 2.75) is 13.1 Å². The lowest BCUT2D eigenvalue weighted by Gasteiger charge is -2.12. The Bertz CT molecular complexity index is 1380. The number of halogens is 1. The van der Waals surface area contributed by atoms with Crippen molar-refractivity contribution in [3.8, 4) is 5.75 Å². The van der Waals surface area contributed by atoms with Gasteiger partial charge < -0.3 is 9.30 Å². The molecule has 1 aliphatic rings. The molecule has 2 amide bonds. The van der Waals surface area contributed by atoms with Gasteiger partial charge in [-0.2, -0.15) is 0 Å². The summed E-state index contributed by atoms with van der Waals surface area (Å²) in [6, 6.07) is 24.9. The summed E-state index contributed by atoms with van der Waals surface area (Å²) in [5.41, 5.74) is 2.79. The van der Waals surface area contributed by atoms with E-state index in [9.17, 15) is 9.59 Å². The molecule has 0 atom stereocenters. The van der Waals surface area contributed by atoms with Gasteiger partial charge in [-0.25, -0.2) is 0 Å². The number of hydrogen-bond donors (Lipinski definition) is 0. The van der Waals surface area contributed by atoms with Gasteiger partial charge in [0.05, 0.1) is 18.0 Å². The minimum atomic E-state index is -0.283. The van der Waals surface area contributed by atoms with E-state index in [1.807, 2.05) is 79.0 Å². The number of amides is 2. The van der Waals surface area contributed by atoms with Gasteiger partial charge in [0.25, 0.3) is 11.1 Å². The van der Waals surface area contributed by atoms with Crippen LogP contribution in [0.2, 0.25) is 5.02 Å². The zero-order chi connectivity index (χ0) is 23.5. The van der Waals surface area contributed by atoms with Crippen LogP contribution in [0.1, 0.15) is 11.1 Å². The molecule has 5 nitrogen and oxygen atoms in total. The Hall–Kier alpha value is -3.48. The van der Waals surface area contributed by atoms with Crippen molar-refractivity contribution in [2.75, 3.05) is 6.61 Å². The highest BCUT2D eigenvalue weighted by atomic mass is 35.5. The first kappa shape index (κ1) is 22.3. The van der Waals surface area contributed by atoms with Crippen molar-refractivity contribution in [2.24, 2.45) is 0 Å². The maximum atomic E-state index is 13.0. The minimum absolute atomic E-state index is 0.220. The van der Waals surface area contributed by atoms with E-state index in [-0.39, 0.29) is 17.7 Å². The van der Waals surface area contributed by atoms with E-state index in [4.69, 9.17) is 16.3 Å². The quantitative estimate of drug-likeness (QED) is 0.275. The van der Waals surface area contributed by atoms with E-state index in [1.54, 1.807) is 12.1 Å². The highest BCUT2D eigenvalue weighted by Crippen LogP contribution is 2.35. The van der Waals surface area contributed by atoms with E-state index in [0.717, 1.165) is 39.5 Å². The third kappa shape index (κ3) is 4.74. The van der Waals surface area contributed by atoms with Gasteiger partial charge in [0.2, 0.25) is 0 Å². The molecule has 4 aromatic rings. The van der Waals surface area contributed by atoms with E-state index in [2.05, 4.69) is 4.57 Å². The largest absolute Gasteiger partial charge is 0.492 e. The molecule has 5 rings (SSSR count). The number of carbonyl (C=O) groups is 2. The highest BCUT2D eigenvalue weighted by Gasteiger charge is 2.35. The normalized spacial score (nSPS) is 15.0. The van der Waals surface area contributed by atoms with Crippen molar-refractivity contribution in [3.05, 3.63) is 106 Å². The zero-order valence-corrected chi connectivity index (χ0v) is 19.8. The smallest absolute Gasteiger partial charge is 0.293 e. The van der Waals surface area contributed by atoms with E-state index in [1.165, 1.54) is 4.90 Å². The van der Waals surface area contributed by atoms with Crippen LogP contribution < -0.4 is 4.74 Å². The number of rotatable bonds is 7. The number of thioether (sulfide) groups is 1. The predicted octanol–water partition coefficient (Wildman–Crippen LogP) is 6.61. The second-order valence-electron chi connectivity index (χ2n) is 7.85. The van der Waals surface area contributed by atoms with Crippen molar-refractivity contribution in [1.29, 1.82) is 0 Å². The van der Waals surface area contributed by atoms with Crippen LogP contribution >= 0.6 is 23.4 Å². The lowest BCUT2D eigenvalue weighted by atomic mass is 10.1. The number of nitrogens with zero attached hydrogens (tertiary/aromatic N) is 2. The Balaban J connectivity index is 1.36. The Morgan fingerprint density at radius 2 is 1.65 bits per heavy atom. The van der Waals surface area contributed by atoms with Crippen LogP contribution in [0.15, 0.2) is 90.0 Å². The molecule has 2 heterocycles. The summed E-state index contributed by atoms with van der Waals surface area (Å²) < 4.78 is 7.97. The second-order valence-corrected chi connectivity index (χ2v) is 9.28. The molecular formula is C27H21ClN2O3S. The summed E-state index contributed by atoms with van der Waals surface area (Å²) in [5, 5.41) is 1.36. The standard InChI is InChI=1S/C27H21ClN2O3S/c28-21-12-10-19(11-13-21)17-30-26(31)25(34-27(30)32)16-20-18-29(24-9-5-4-8-23(20)24)14-15-33-22-6-2-1-3-7-22/h1-13,16,18H,14-15,17H2/b25-16-. The number of hydrogen-bond acceptors (Lipinski definition) is 4. The third-order valence-electron chi connectivity index (χ3n) is 5.58. The Kier molecular flexibility index (Phi) is 6.43. The monoisotopic (exact) mass is 488 g/mol. The Morgan fingerprint density at radius 3 is 2.44 bits per heavy atom. The fourth-order valence-electron chi connectivity index (χ4n) is 3.90. The molecule has 0 aliphatic carbocycles. The molecule has 170 valence electrons. The first-order valence-corrected chi connectivity index (χ1v) is 12.0. The van der Waals surface area contributed by atoms with Gasteiger partial charge in [-0.15, -0.1) is 0 Å². The molecule has 1 fully saturated rings. The van der Waals surface area contributed by atoms with Gasteiger partial charge in [0, 0.05) is 27.7 Å². The molecule has 34 heavy (non-hydrogen) atoms. The number of aromatic nitrogens is 1. The molecule has 0 saturated carbocycles. The van der Waals surface area contributed by atoms with Gasteiger partial charge in [0.15, 0.2) is 0 Å². The molecule has 3 aromatic carbocycles. The average molecular weight is 489 g/mol. The van der Waals surface area contributed by atoms with E-state index in [0.29, 0.717) is 23.1 Å². The molecule has 0 radical (unpaired) electrons. The van der Waals surface area contributed by atoms with Crippen LogP contribution in [0.3, 0.4) is 0 Å². The van der Waals surface area contributed by atoms with Crippen LogP contribution in [0.25, 0.3) is 17.0 Å². The maximum absolute atomic E-state index is 13.0. The molecule has 7 heteroatoms. The summed E-state index contributed by atoms with van der Waals surface area (Å²) in [6.45, 7) is 1.39. The Morgan fingerprint density at radius 1 is 0.912 bits per heavy atom. The SMILES string of the molecule is O=C1S/C(=C\c2cn(CCOc3ccccc3)c3ccccc23)C(=O)N1Cc1ccc(Cl)cc1. The number of para-hydroxylation sites is 2. The lowest BCUT2D eigenvalue weighted by Crippen LogP contribution is -2.27. The zero-order valence-electron chi connectivity index (χ0n) is 18.2. The molecule has 0 bridgehead atoms. The second kappa shape index (κ2) is 9.79. The van der Waals surface area contributed by atoms with Crippen LogP contribution in [-0.4, -0.2) is 27.2 Å². The topological polar surface area (TPSA) is 51.5 Å². The molecule has 0 unspecified atom stereocenters. The van der Waals surface area contributed by atoms with Crippen molar-refractivity contribution < 1.29 is 14.3 Å². The number of benzene rings is 3. The molecule has 1 saturated heterocycles. The van der Waals surface area contributed by atoms with Gasteiger partial charge in [0.1, 0.15) is 12.4 Å². The van der Waals surface area contributed by atoms with Crippen molar-refractivity contribution in [3.63, 3.8) is 0 Å². The first-order valence-electron chi connectivity index (χ1n) is 10.8. The fraction of sp³-hybridized carbons (Fsp3) is 0.111. The van der Waals surface area contributed by atoms with E-state index >= 15 is 0 Å². The van der Waals surface area contributed by atoms with Gasteiger partial charge in [-0.3, -0.25) is 14.5 Å². The molecule has 0 spiro atoms. The van der Waals surface area contributed by atoms with Crippen molar-refractivity contribution >= 4 is 51.5 Å². The van der Waals surface area contributed by atoms with Gasteiger partial charge in [-0.05, 0) is 53.7 Å².